The number of aromatic nitrogens is 2. The fourth-order valence-corrected chi connectivity index (χ4v) is 2.37. The molecule has 0 aliphatic carbocycles. The van der Waals surface area contributed by atoms with Gasteiger partial charge in [0.25, 0.3) is 0 Å². The van der Waals surface area contributed by atoms with Gasteiger partial charge in [0.15, 0.2) is 0 Å². The number of carboxylic acids is 1. The van der Waals surface area contributed by atoms with Crippen molar-refractivity contribution in [3.8, 4) is 11.3 Å². The summed E-state index contributed by atoms with van der Waals surface area (Å²) in [5, 5.41) is 17.7. The van der Waals surface area contributed by atoms with E-state index in [0.29, 0.717) is 10.7 Å². The van der Waals surface area contributed by atoms with Crippen molar-refractivity contribution >= 4 is 28.5 Å². The van der Waals surface area contributed by atoms with Crippen molar-refractivity contribution in [1.82, 2.24) is 10.2 Å². The van der Waals surface area contributed by atoms with Crippen LogP contribution in [0.15, 0.2) is 36.4 Å². The maximum atomic E-state index is 11.1. The smallest absolute Gasteiger partial charge is 0.335 e. The van der Waals surface area contributed by atoms with Gasteiger partial charge in [-0.25, -0.2) is 4.79 Å². The number of hydrogen-bond donors (Lipinski definition) is 2. The fraction of sp³-hybridized carbons (Fsp3) is 0.0667. The lowest BCUT2D eigenvalue weighted by molar-refractivity contribution is 0.0697. The zero-order valence-corrected chi connectivity index (χ0v) is 11.4. The monoisotopic (exact) mass is 286 g/mol. The summed E-state index contributed by atoms with van der Waals surface area (Å²) in [5.41, 5.74) is 3.67. The highest BCUT2D eigenvalue weighted by molar-refractivity contribution is 6.31. The Morgan fingerprint density at radius 2 is 2.05 bits per heavy atom. The van der Waals surface area contributed by atoms with Gasteiger partial charge >= 0.3 is 5.97 Å². The van der Waals surface area contributed by atoms with Crippen LogP contribution in [0, 0.1) is 6.92 Å². The van der Waals surface area contributed by atoms with Crippen LogP contribution in [0.4, 0.5) is 0 Å². The van der Waals surface area contributed by atoms with Crippen molar-refractivity contribution in [2.24, 2.45) is 0 Å². The Kier molecular flexibility index (Phi) is 2.95. The molecule has 1 heterocycles. The Morgan fingerprint density at radius 3 is 2.80 bits per heavy atom. The maximum absolute atomic E-state index is 11.1. The van der Waals surface area contributed by atoms with E-state index in [9.17, 15) is 4.79 Å². The number of aryl methyl sites for hydroxylation is 1. The number of hydrogen-bond acceptors (Lipinski definition) is 2. The summed E-state index contributed by atoms with van der Waals surface area (Å²) < 4.78 is 0. The zero-order valence-electron chi connectivity index (χ0n) is 10.6. The molecule has 20 heavy (non-hydrogen) atoms. The number of aromatic carboxylic acids is 1. The standard InChI is InChI=1S/C15H11ClN2O2/c1-8-2-4-10(16)7-11(8)14-12-6-9(15(19)20)3-5-13(12)17-18-14/h2-7H,1H3,(H,17,18)(H,19,20). The normalized spacial score (nSPS) is 10.9. The molecule has 2 aromatic carbocycles. The molecule has 5 heteroatoms. The van der Waals surface area contributed by atoms with Crippen molar-refractivity contribution in [2.45, 2.75) is 6.92 Å². The topological polar surface area (TPSA) is 66.0 Å². The molecular formula is C15H11ClN2O2. The highest BCUT2D eigenvalue weighted by atomic mass is 35.5. The predicted molar refractivity (Wildman–Crippen MR) is 78.2 cm³/mol. The van der Waals surface area contributed by atoms with Gasteiger partial charge in [0, 0.05) is 16.0 Å². The second kappa shape index (κ2) is 4.65. The number of carboxylic acid groups (broad SMARTS) is 1. The number of H-pyrrole nitrogens is 1. The van der Waals surface area contributed by atoms with Crippen LogP contribution in [0.3, 0.4) is 0 Å². The molecule has 3 rings (SSSR count). The summed E-state index contributed by atoms with van der Waals surface area (Å²) in [6, 6.07) is 10.5. The van der Waals surface area contributed by atoms with Crippen LogP contribution in [0.5, 0.6) is 0 Å². The number of halogens is 1. The maximum Gasteiger partial charge on any atom is 0.335 e. The summed E-state index contributed by atoms with van der Waals surface area (Å²) >= 11 is 6.03. The lowest BCUT2D eigenvalue weighted by Gasteiger charge is -2.04. The molecule has 0 saturated heterocycles. The summed E-state index contributed by atoms with van der Waals surface area (Å²) in [4.78, 5) is 11.1. The number of aromatic amines is 1. The number of nitrogens with one attached hydrogen (secondary N) is 1. The third-order valence-corrected chi connectivity index (χ3v) is 3.50. The van der Waals surface area contributed by atoms with E-state index in [1.807, 2.05) is 25.1 Å². The van der Waals surface area contributed by atoms with Crippen LogP contribution >= 0.6 is 11.6 Å². The van der Waals surface area contributed by atoms with Gasteiger partial charge in [-0.05, 0) is 42.8 Å². The van der Waals surface area contributed by atoms with E-state index in [2.05, 4.69) is 10.2 Å². The van der Waals surface area contributed by atoms with E-state index >= 15 is 0 Å². The van der Waals surface area contributed by atoms with Gasteiger partial charge in [0.1, 0.15) is 5.69 Å². The molecule has 2 N–H and O–H groups in total. The molecule has 0 spiro atoms. The number of fused-ring (bicyclic) bond motifs is 1. The van der Waals surface area contributed by atoms with E-state index in [-0.39, 0.29) is 5.56 Å². The highest BCUT2D eigenvalue weighted by Crippen LogP contribution is 2.31. The van der Waals surface area contributed by atoms with Crippen LogP contribution in [-0.2, 0) is 0 Å². The van der Waals surface area contributed by atoms with E-state index in [0.717, 1.165) is 22.0 Å². The van der Waals surface area contributed by atoms with Gasteiger partial charge in [-0.2, -0.15) is 5.10 Å². The van der Waals surface area contributed by atoms with Gasteiger partial charge in [-0.3, -0.25) is 5.10 Å². The first kappa shape index (κ1) is 12.7. The molecule has 0 fully saturated rings. The highest BCUT2D eigenvalue weighted by Gasteiger charge is 2.13. The number of nitrogens with zero attached hydrogens (tertiary/aromatic N) is 1. The Morgan fingerprint density at radius 1 is 1.25 bits per heavy atom. The molecule has 0 amide bonds. The lowest BCUT2D eigenvalue weighted by atomic mass is 10.0. The third kappa shape index (κ3) is 2.04. The Labute approximate surface area is 120 Å². The predicted octanol–water partition coefficient (Wildman–Crippen LogP) is 3.89. The Balaban J connectivity index is 2.28. The first-order valence-electron chi connectivity index (χ1n) is 6.04. The second-order valence-corrected chi connectivity index (χ2v) is 5.03. The second-order valence-electron chi connectivity index (χ2n) is 4.60. The molecule has 0 bridgehead atoms. The Bertz CT molecular complexity index is 824. The third-order valence-electron chi connectivity index (χ3n) is 3.26. The molecule has 0 saturated carbocycles. The molecule has 0 unspecified atom stereocenters. The van der Waals surface area contributed by atoms with Crippen molar-refractivity contribution in [3.63, 3.8) is 0 Å². The molecule has 0 radical (unpaired) electrons. The summed E-state index contributed by atoms with van der Waals surface area (Å²) in [6.07, 6.45) is 0. The minimum atomic E-state index is -0.957. The van der Waals surface area contributed by atoms with Gasteiger partial charge in [0.05, 0.1) is 11.1 Å². The number of carbonyl (C=O) groups is 1. The van der Waals surface area contributed by atoms with Crippen LogP contribution < -0.4 is 0 Å². The van der Waals surface area contributed by atoms with Crippen molar-refractivity contribution in [3.05, 3.63) is 52.5 Å². The van der Waals surface area contributed by atoms with Crippen LogP contribution in [0.25, 0.3) is 22.2 Å². The van der Waals surface area contributed by atoms with Gasteiger partial charge < -0.3 is 5.11 Å². The average Bonchev–Trinajstić information content (AvgIpc) is 2.84. The minimum Gasteiger partial charge on any atom is -0.478 e. The summed E-state index contributed by atoms with van der Waals surface area (Å²) in [6.45, 7) is 1.97. The number of benzene rings is 2. The van der Waals surface area contributed by atoms with E-state index in [1.165, 1.54) is 0 Å². The van der Waals surface area contributed by atoms with Crippen LogP contribution in [-0.4, -0.2) is 21.3 Å². The first-order valence-corrected chi connectivity index (χ1v) is 6.42. The Hall–Kier alpha value is -2.33. The summed E-state index contributed by atoms with van der Waals surface area (Å²) in [5.74, 6) is -0.957. The SMILES string of the molecule is Cc1ccc(Cl)cc1-c1n[nH]c2ccc(C(=O)O)cc12. The van der Waals surface area contributed by atoms with Crippen molar-refractivity contribution in [2.75, 3.05) is 0 Å². The van der Waals surface area contributed by atoms with E-state index in [1.54, 1.807) is 18.2 Å². The molecule has 100 valence electrons. The van der Waals surface area contributed by atoms with Crippen molar-refractivity contribution in [1.29, 1.82) is 0 Å². The average molecular weight is 287 g/mol. The van der Waals surface area contributed by atoms with Gasteiger partial charge in [-0.1, -0.05) is 17.7 Å². The largest absolute Gasteiger partial charge is 0.478 e. The fourth-order valence-electron chi connectivity index (χ4n) is 2.20. The van der Waals surface area contributed by atoms with Gasteiger partial charge in [-0.15, -0.1) is 0 Å². The molecule has 0 aliphatic rings. The quantitative estimate of drug-likeness (QED) is 0.751. The molecular weight excluding hydrogens is 276 g/mol. The minimum absolute atomic E-state index is 0.236. The molecule has 4 nitrogen and oxygen atoms in total. The zero-order chi connectivity index (χ0) is 14.3. The number of rotatable bonds is 2. The van der Waals surface area contributed by atoms with Crippen LogP contribution in [0.2, 0.25) is 5.02 Å². The van der Waals surface area contributed by atoms with E-state index < -0.39 is 5.97 Å². The molecule has 3 aromatic rings. The lowest BCUT2D eigenvalue weighted by Crippen LogP contribution is -1.95. The molecule has 0 aliphatic heterocycles. The first-order chi connectivity index (χ1) is 9.56. The van der Waals surface area contributed by atoms with Crippen molar-refractivity contribution < 1.29 is 9.90 Å². The summed E-state index contributed by atoms with van der Waals surface area (Å²) in [7, 11) is 0. The van der Waals surface area contributed by atoms with Gasteiger partial charge in [0.2, 0.25) is 0 Å². The molecule has 0 atom stereocenters. The van der Waals surface area contributed by atoms with Crippen LogP contribution in [0.1, 0.15) is 15.9 Å². The van der Waals surface area contributed by atoms with E-state index in [4.69, 9.17) is 16.7 Å². The molecule has 1 aromatic heterocycles.